The lowest BCUT2D eigenvalue weighted by Crippen LogP contribution is -2.28. The topological polar surface area (TPSA) is 101 Å². The highest BCUT2D eigenvalue weighted by molar-refractivity contribution is 14.1. The molecular formula is C14H14IN3O3S. The molecule has 0 aromatic heterocycles. The molecule has 4 N–H and O–H groups in total. The van der Waals surface area contributed by atoms with Crippen LogP contribution < -0.4 is 15.8 Å². The predicted octanol–water partition coefficient (Wildman–Crippen LogP) is 2.26. The van der Waals surface area contributed by atoms with E-state index >= 15 is 0 Å². The van der Waals surface area contributed by atoms with Crippen LogP contribution in [0.5, 0.6) is 0 Å². The number of carbonyl (C=O) groups is 1. The molecule has 0 radical (unpaired) electrons. The lowest BCUT2D eigenvalue weighted by molar-refractivity contribution is 0.251. The summed E-state index contributed by atoms with van der Waals surface area (Å²) in [5, 5.41) is 10.4. The number of nitrogens with two attached hydrogens (primary N) is 1. The number of amides is 2. The minimum absolute atomic E-state index is 0.0413. The van der Waals surface area contributed by atoms with Crippen LogP contribution in [0.25, 0.3) is 0 Å². The summed E-state index contributed by atoms with van der Waals surface area (Å²) in [6.07, 6.45) is 0. The molecule has 0 saturated heterocycles. The van der Waals surface area contributed by atoms with Crippen molar-refractivity contribution in [3.8, 4) is 0 Å². The number of anilines is 1. The highest BCUT2D eigenvalue weighted by Gasteiger charge is 2.07. The number of sulfonamides is 1. The van der Waals surface area contributed by atoms with Crippen molar-refractivity contribution in [2.75, 3.05) is 5.32 Å². The van der Waals surface area contributed by atoms with Crippen molar-refractivity contribution in [2.24, 2.45) is 5.14 Å². The Morgan fingerprint density at radius 2 is 1.82 bits per heavy atom. The maximum absolute atomic E-state index is 11.8. The average molecular weight is 431 g/mol. The summed E-state index contributed by atoms with van der Waals surface area (Å²) in [6.45, 7) is 0.278. The molecule has 0 saturated carbocycles. The molecular weight excluding hydrogens is 417 g/mol. The zero-order valence-electron chi connectivity index (χ0n) is 11.4. The van der Waals surface area contributed by atoms with Crippen LogP contribution in [0, 0.1) is 3.57 Å². The van der Waals surface area contributed by atoms with Gasteiger partial charge in [-0.2, -0.15) is 0 Å². The molecule has 6 nitrogen and oxygen atoms in total. The van der Waals surface area contributed by atoms with Crippen LogP contribution in [0.1, 0.15) is 5.56 Å². The van der Waals surface area contributed by atoms with Crippen LogP contribution in [-0.2, 0) is 16.6 Å². The van der Waals surface area contributed by atoms with Gasteiger partial charge in [0, 0.05) is 15.8 Å². The normalized spacial score (nSPS) is 11.0. The molecule has 0 aliphatic carbocycles. The maximum Gasteiger partial charge on any atom is 0.319 e. The predicted molar refractivity (Wildman–Crippen MR) is 92.8 cm³/mol. The monoisotopic (exact) mass is 431 g/mol. The van der Waals surface area contributed by atoms with E-state index in [0.717, 1.165) is 9.13 Å². The van der Waals surface area contributed by atoms with Gasteiger partial charge in [0.1, 0.15) is 0 Å². The van der Waals surface area contributed by atoms with Crippen molar-refractivity contribution in [3.05, 3.63) is 57.7 Å². The van der Waals surface area contributed by atoms with Crippen LogP contribution in [0.2, 0.25) is 0 Å². The SMILES string of the molecule is NS(=O)(=O)c1ccc(CNC(=O)Nc2cccc(I)c2)cc1. The Bertz CT molecular complexity index is 776. The lowest BCUT2D eigenvalue weighted by Gasteiger charge is -2.08. The van der Waals surface area contributed by atoms with E-state index in [4.69, 9.17) is 5.14 Å². The van der Waals surface area contributed by atoms with E-state index in [-0.39, 0.29) is 17.5 Å². The minimum atomic E-state index is -3.70. The van der Waals surface area contributed by atoms with Crippen molar-refractivity contribution >= 4 is 44.3 Å². The van der Waals surface area contributed by atoms with Crippen molar-refractivity contribution in [2.45, 2.75) is 11.4 Å². The summed E-state index contributed by atoms with van der Waals surface area (Å²) in [5.74, 6) is 0. The fourth-order valence-electron chi connectivity index (χ4n) is 1.72. The van der Waals surface area contributed by atoms with Gasteiger partial charge in [-0.1, -0.05) is 18.2 Å². The van der Waals surface area contributed by atoms with E-state index in [1.54, 1.807) is 18.2 Å². The van der Waals surface area contributed by atoms with E-state index in [0.29, 0.717) is 5.69 Å². The molecule has 116 valence electrons. The first-order valence-electron chi connectivity index (χ1n) is 6.27. The van der Waals surface area contributed by atoms with Crippen molar-refractivity contribution in [1.82, 2.24) is 5.32 Å². The van der Waals surface area contributed by atoms with Gasteiger partial charge in [0.15, 0.2) is 0 Å². The van der Waals surface area contributed by atoms with Crippen molar-refractivity contribution in [3.63, 3.8) is 0 Å². The maximum atomic E-state index is 11.8. The number of primary sulfonamides is 1. The Morgan fingerprint density at radius 1 is 1.14 bits per heavy atom. The fourth-order valence-corrected chi connectivity index (χ4v) is 2.78. The number of benzene rings is 2. The summed E-state index contributed by atoms with van der Waals surface area (Å²) in [5.41, 5.74) is 1.47. The largest absolute Gasteiger partial charge is 0.334 e. The van der Waals surface area contributed by atoms with E-state index in [1.807, 2.05) is 18.2 Å². The molecule has 0 bridgehead atoms. The van der Waals surface area contributed by atoms with Crippen molar-refractivity contribution in [1.29, 1.82) is 0 Å². The van der Waals surface area contributed by atoms with Gasteiger partial charge < -0.3 is 10.6 Å². The highest BCUT2D eigenvalue weighted by Crippen LogP contribution is 2.12. The second kappa shape index (κ2) is 7.07. The molecule has 0 fully saturated rings. The highest BCUT2D eigenvalue weighted by atomic mass is 127. The third kappa shape index (κ3) is 4.97. The Kier molecular flexibility index (Phi) is 5.37. The molecule has 0 spiro atoms. The van der Waals surface area contributed by atoms with E-state index < -0.39 is 10.0 Å². The van der Waals surface area contributed by atoms with Crippen LogP contribution in [0.15, 0.2) is 53.4 Å². The molecule has 0 aliphatic heterocycles. The minimum Gasteiger partial charge on any atom is -0.334 e. The molecule has 2 rings (SSSR count). The molecule has 0 atom stereocenters. The average Bonchev–Trinajstić information content (AvgIpc) is 2.45. The molecule has 22 heavy (non-hydrogen) atoms. The molecule has 0 aliphatic rings. The number of carbonyl (C=O) groups excluding carboxylic acids is 1. The third-order valence-electron chi connectivity index (χ3n) is 2.79. The van der Waals surface area contributed by atoms with Crippen LogP contribution >= 0.6 is 22.6 Å². The molecule has 0 heterocycles. The first-order valence-corrected chi connectivity index (χ1v) is 8.89. The Balaban J connectivity index is 1.91. The number of halogens is 1. The van der Waals surface area contributed by atoms with Gasteiger partial charge in [-0.05, 0) is 58.5 Å². The Labute approximate surface area is 142 Å². The number of nitrogens with one attached hydrogen (secondary N) is 2. The molecule has 2 amide bonds. The quantitative estimate of drug-likeness (QED) is 0.648. The summed E-state index contributed by atoms with van der Waals surface area (Å²) in [6, 6.07) is 13.1. The number of hydrogen-bond donors (Lipinski definition) is 3. The summed E-state index contributed by atoms with van der Waals surface area (Å²) in [4.78, 5) is 11.8. The van der Waals surface area contributed by atoms with Crippen LogP contribution in [0.3, 0.4) is 0 Å². The number of urea groups is 1. The Morgan fingerprint density at radius 3 is 2.41 bits per heavy atom. The van der Waals surface area contributed by atoms with Crippen LogP contribution in [0.4, 0.5) is 10.5 Å². The smallest absolute Gasteiger partial charge is 0.319 e. The van der Waals surface area contributed by atoms with Crippen molar-refractivity contribution < 1.29 is 13.2 Å². The zero-order valence-corrected chi connectivity index (χ0v) is 14.4. The van der Waals surface area contributed by atoms with Gasteiger partial charge in [0.2, 0.25) is 10.0 Å². The second-order valence-electron chi connectivity index (χ2n) is 4.51. The molecule has 2 aromatic rings. The Hall–Kier alpha value is -1.65. The van der Waals surface area contributed by atoms with Gasteiger partial charge >= 0.3 is 6.03 Å². The molecule has 8 heteroatoms. The van der Waals surface area contributed by atoms with Gasteiger partial charge in [-0.15, -0.1) is 0 Å². The number of rotatable bonds is 4. The van der Waals surface area contributed by atoms with Crippen LogP contribution in [-0.4, -0.2) is 14.4 Å². The van der Waals surface area contributed by atoms with Gasteiger partial charge in [0.05, 0.1) is 4.90 Å². The van der Waals surface area contributed by atoms with Gasteiger partial charge in [0.25, 0.3) is 0 Å². The fraction of sp³-hybridized carbons (Fsp3) is 0.0714. The summed E-state index contributed by atoms with van der Waals surface area (Å²) < 4.78 is 23.3. The zero-order chi connectivity index (χ0) is 16.2. The standard InChI is InChI=1S/C14H14IN3O3S/c15-11-2-1-3-12(8-11)18-14(19)17-9-10-4-6-13(7-5-10)22(16,20)21/h1-8H,9H2,(H2,16,20,21)(H2,17,18,19). The summed E-state index contributed by atoms with van der Waals surface area (Å²) in [7, 11) is -3.70. The second-order valence-corrected chi connectivity index (χ2v) is 7.31. The first kappa shape index (κ1) is 16.7. The van der Waals surface area contributed by atoms with Gasteiger partial charge in [-0.25, -0.2) is 18.4 Å². The van der Waals surface area contributed by atoms with E-state index in [1.165, 1.54) is 12.1 Å². The molecule has 0 unspecified atom stereocenters. The lowest BCUT2D eigenvalue weighted by atomic mass is 10.2. The summed E-state index contributed by atoms with van der Waals surface area (Å²) >= 11 is 2.16. The van der Waals surface area contributed by atoms with Gasteiger partial charge in [-0.3, -0.25) is 0 Å². The number of hydrogen-bond acceptors (Lipinski definition) is 3. The molecule has 2 aromatic carbocycles. The third-order valence-corrected chi connectivity index (χ3v) is 4.39. The van der Waals surface area contributed by atoms with E-state index in [9.17, 15) is 13.2 Å². The first-order chi connectivity index (χ1) is 10.3. The van der Waals surface area contributed by atoms with E-state index in [2.05, 4.69) is 33.2 Å².